The molecule has 0 saturated carbocycles. The lowest BCUT2D eigenvalue weighted by Crippen LogP contribution is -2.29. The molecule has 0 radical (unpaired) electrons. The minimum absolute atomic E-state index is 0.164. The Morgan fingerprint density at radius 2 is 2.08 bits per heavy atom. The molecule has 0 amide bonds. The first-order valence-corrected chi connectivity index (χ1v) is 4.71. The second-order valence-electron chi connectivity index (χ2n) is 1.98. The van der Waals surface area contributed by atoms with E-state index in [9.17, 15) is 13.2 Å². The zero-order chi connectivity index (χ0) is 9.78. The highest BCUT2D eigenvalue weighted by molar-refractivity contribution is 7.84. The van der Waals surface area contributed by atoms with Gasteiger partial charge in [0.1, 0.15) is 0 Å². The van der Waals surface area contributed by atoms with Crippen LogP contribution in [0.3, 0.4) is 0 Å². The summed E-state index contributed by atoms with van der Waals surface area (Å²) in [5.74, 6) is -0.758. The molecular formula is C5H11NO5S. The van der Waals surface area contributed by atoms with Crippen LogP contribution in [0.15, 0.2) is 0 Å². The van der Waals surface area contributed by atoms with E-state index in [1.807, 2.05) is 0 Å². The summed E-state index contributed by atoms with van der Waals surface area (Å²) in [7, 11) is -4.09. The van der Waals surface area contributed by atoms with Crippen molar-refractivity contribution in [1.29, 1.82) is 0 Å². The third kappa shape index (κ3) is 5.05. The Kier molecular flexibility index (Phi) is 4.15. The molecule has 0 aliphatic carbocycles. The van der Waals surface area contributed by atoms with Crippen LogP contribution in [-0.4, -0.2) is 27.1 Å². The SMILES string of the molecule is CCOC(=O)C(C)OS(N)(=O)=O. The molecule has 6 nitrogen and oxygen atoms in total. The van der Waals surface area contributed by atoms with Gasteiger partial charge in [-0.15, -0.1) is 0 Å². The number of hydrogen-bond donors (Lipinski definition) is 1. The van der Waals surface area contributed by atoms with Gasteiger partial charge in [0, 0.05) is 0 Å². The first-order chi connectivity index (χ1) is 5.37. The first-order valence-electron chi connectivity index (χ1n) is 3.24. The van der Waals surface area contributed by atoms with Gasteiger partial charge in [-0.05, 0) is 13.8 Å². The molecule has 0 aromatic heterocycles. The number of hydrogen-bond acceptors (Lipinski definition) is 5. The zero-order valence-corrected chi connectivity index (χ0v) is 7.63. The van der Waals surface area contributed by atoms with Crippen LogP contribution in [-0.2, 0) is 24.0 Å². The molecule has 7 heteroatoms. The summed E-state index contributed by atoms with van der Waals surface area (Å²) in [4.78, 5) is 10.8. The van der Waals surface area contributed by atoms with Gasteiger partial charge in [0.15, 0.2) is 6.10 Å². The van der Waals surface area contributed by atoms with Crippen LogP contribution in [0.4, 0.5) is 0 Å². The van der Waals surface area contributed by atoms with E-state index in [0.717, 1.165) is 0 Å². The van der Waals surface area contributed by atoms with Crippen molar-refractivity contribution in [2.24, 2.45) is 5.14 Å². The van der Waals surface area contributed by atoms with Crippen LogP contribution in [0, 0.1) is 0 Å². The first kappa shape index (κ1) is 11.3. The molecular weight excluding hydrogens is 186 g/mol. The topological polar surface area (TPSA) is 95.7 Å². The fraction of sp³-hybridized carbons (Fsp3) is 0.800. The summed E-state index contributed by atoms with van der Waals surface area (Å²) in [6.45, 7) is 3.00. The van der Waals surface area contributed by atoms with Gasteiger partial charge in [-0.2, -0.15) is 8.42 Å². The maximum absolute atomic E-state index is 10.8. The largest absolute Gasteiger partial charge is 0.464 e. The van der Waals surface area contributed by atoms with Gasteiger partial charge in [0.2, 0.25) is 0 Å². The minimum atomic E-state index is -4.09. The van der Waals surface area contributed by atoms with Crippen LogP contribution in [0.1, 0.15) is 13.8 Å². The average Bonchev–Trinajstić information content (AvgIpc) is 1.84. The van der Waals surface area contributed by atoms with E-state index in [2.05, 4.69) is 14.1 Å². The number of nitrogens with two attached hydrogens (primary N) is 1. The smallest absolute Gasteiger partial charge is 0.336 e. The van der Waals surface area contributed by atoms with Crippen molar-refractivity contribution in [1.82, 2.24) is 0 Å². The third-order valence-corrected chi connectivity index (χ3v) is 1.45. The highest BCUT2D eigenvalue weighted by Gasteiger charge is 2.19. The van der Waals surface area contributed by atoms with E-state index in [-0.39, 0.29) is 6.61 Å². The molecule has 1 atom stereocenters. The molecule has 0 aliphatic rings. The maximum Gasteiger partial charge on any atom is 0.336 e. The molecule has 0 fully saturated rings. The molecule has 0 heterocycles. The van der Waals surface area contributed by atoms with E-state index in [4.69, 9.17) is 0 Å². The molecule has 0 aromatic rings. The Labute approximate surface area is 70.9 Å². The van der Waals surface area contributed by atoms with Crippen molar-refractivity contribution < 1.29 is 22.1 Å². The van der Waals surface area contributed by atoms with Crippen LogP contribution in [0.5, 0.6) is 0 Å². The number of carbonyl (C=O) groups excluding carboxylic acids is 1. The predicted octanol–water partition coefficient (Wildman–Crippen LogP) is -0.842. The summed E-state index contributed by atoms with van der Waals surface area (Å²) in [5, 5.41) is 4.51. The van der Waals surface area contributed by atoms with E-state index in [0.29, 0.717) is 0 Å². The molecule has 0 spiro atoms. The minimum Gasteiger partial charge on any atom is -0.464 e. The quantitative estimate of drug-likeness (QED) is 0.593. The Morgan fingerprint density at radius 1 is 1.58 bits per heavy atom. The fourth-order valence-corrected chi connectivity index (χ4v) is 0.981. The van der Waals surface area contributed by atoms with Crippen molar-refractivity contribution in [3.8, 4) is 0 Å². The summed E-state index contributed by atoms with van der Waals surface area (Å²) in [5.41, 5.74) is 0. The molecule has 0 saturated heterocycles. The van der Waals surface area contributed by atoms with E-state index in [1.54, 1.807) is 6.92 Å². The van der Waals surface area contributed by atoms with Gasteiger partial charge in [-0.25, -0.2) is 14.1 Å². The molecule has 0 aliphatic heterocycles. The Hall–Kier alpha value is -0.660. The third-order valence-electron chi connectivity index (χ3n) is 0.897. The molecule has 2 N–H and O–H groups in total. The lowest BCUT2D eigenvalue weighted by atomic mass is 10.4. The number of carbonyl (C=O) groups is 1. The highest BCUT2D eigenvalue weighted by atomic mass is 32.2. The van der Waals surface area contributed by atoms with Crippen LogP contribution in [0.2, 0.25) is 0 Å². The predicted molar refractivity (Wildman–Crippen MR) is 40.3 cm³/mol. The normalized spacial score (nSPS) is 13.9. The standard InChI is InChI=1S/C5H11NO5S/c1-3-10-5(7)4(2)11-12(6,8)9/h4H,3H2,1-2H3,(H2,6,8,9). The van der Waals surface area contributed by atoms with Gasteiger partial charge in [-0.3, -0.25) is 0 Å². The molecule has 1 unspecified atom stereocenters. The number of rotatable bonds is 4. The molecule has 12 heavy (non-hydrogen) atoms. The zero-order valence-electron chi connectivity index (χ0n) is 6.81. The highest BCUT2D eigenvalue weighted by Crippen LogP contribution is 1.97. The van der Waals surface area contributed by atoms with Crippen molar-refractivity contribution >= 4 is 16.3 Å². The van der Waals surface area contributed by atoms with Gasteiger partial charge >= 0.3 is 16.3 Å². The Morgan fingerprint density at radius 3 is 2.42 bits per heavy atom. The van der Waals surface area contributed by atoms with Gasteiger partial charge in [-0.1, -0.05) is 0 Å². The van der Waals surface area contributed by atoms with Crippen LogP contribution >= 0.6 is 0 Å². The second kappa shape index (κ2) is 4.39. The second-order valence-corrected chi connectivity index (χ2v) is 3.16. The Bertz CT molecular complexity index is 247. The van der Waals surface area contributed by atoms with Crippen molar-refractivity contribution in [3.05, 3.63) is 0 Å². The van der Waals surface area contributed by atoms with Crippen molar-refractivity contribution in [3.63, 3.8) is 0 Å². The summed E-state index contributed by atoms with van der Waals surface area (Å²) < 4.78 is 29.2. The summed E-state index contributed by atoms with van der Waals surface area (Å²) >= 11 is 0. The van der Waals surface area contributed by atoms with E-state index < -0.39 is 22.4 Å². The summed E-state index contributed by atoms with van der Waals surface area (Å²) in [6, 6.07) is 0. The number of ether oxygens (including phenoxy) is 1. The fourth-order valence-electron chi connectivity index (χ4n) is 0.500. The van der Waals surface area contributed by atoms with Crippen LogP contribution < -0.4 is 5.14 Å². The van der Waals surface area contributed by atoms with Crippen molar-refractivity contribution in [2.45, 2.75) is 20.0 Å². The molecule has 0 bridgehead atoms. The van der Waals surface area contributed by atoms with Gasteiger partial charge in [0.25, 0.3) is 0 Å². The molecule has 0 aromatic carbocycles. The molecule has 72 valence electrons. The lowest BCUT2D eigenvalue weighted by molar-refractivity contribution is -0.150. The number of esters is 1. The maximum atomic E-state index is 10.8. The van der Waals surface area contributed by atoms with Gasteiger partial charge < -0.3 is 4.74 Å². The summed E-state index contributed by atoms with van der Waals surface area (Å²) in [6.07, 6.45) is -1.19. The lowest BCUT2D eigenvalue weighted by Gasteiger charge is -2.08. The van der Waals surface area contributed by atoms with Crippen LogP contribution in [0.25, 0.3) is 0 Å². The van der Waals surface area contributed by atoms with E-state index in [1.165, 1.54) is 6.92 Å². The Balaban J connectivity index is 4.05. The average molecular weight is 197 g/mol. The van der Waals surface area contributed by atoms with E-state index >= 15 is 0 Å². The van der Waals surface area contributed by atoms with Crippen molar-refractivity contribution in [2.75, 3.05) is 6.61 Å². The van der Waals surface area contributed by atoms with Gasteiger partial charge in [0.05, 0.1) is 6.61 Å². The monoisotopic (exact) mass is 197 g/mol. The molecule has 0 rings (SSSR count).